The first kappa shape index (κ1) is 16.0. The van der Waals surface area contributed by atoms with E-state index in [9.17, 15) is 0 Å². The number of benzene rings is 1. The maximum atomic E-state index is 5.63. The van der Waals surface area contributed by atoms with E-state index in [0.717, 1.165) is 31.9 Å². The summed E-state index contributed by atoms with van der Waals surface area (Å²) in [5.74, 6) is 0.977. The Labute approximate surface area is 106 Å². The van der Waals surface area contributed by atoms with Crippen molar-refractivity contribution >= 4 is 0 Å². The van der Waals surface area contributed by atoms with Crippen LogP contribution in [-0.4, -0.2) is 19.7 Å². The summed E-state index contributed by atoms with van der Waals surface area (Å²) in [5.41, 5.74) is 1.25. The second kappa shape index (κ2) is 11.5. The Morgan fingerprint density at radius 3 is 2.59 bits per heavy atom. The lowest BCUT2D eigenvalue weighted by atomic mass is 10.2. The van der Waals surface area contributed by atoms with Crippen molar-refractivity contribution in [2.24, 2.45) is 0 Å². The van der Waals surface area contributed by atoms with Gasteiger partial charge in [-0.1, -0.05) is 32.9 Å². The van der Waals surface area contributed by atoms with Crippen molar-refractivity contribution in [3.05, 3.63) is 29.8 Å². The maximum absolute atomic E-state index is 5.63. The van der Waals surface area contributed by atoms with E-state index in [4.69, 9.17) is 4.74 Å². The molecule has 0 aliphatic heterocycles. The summed E-state index contributed by atoms with van der Waals surface area (Å²) >= 11 is 0. The Hall–Kier alpha value is -1.02. The Bertz CT molecular complexity index is 273. The van der Waals surface area contributed by atoms with Crippen LogP contribution in [0.2, 0.25) is 0 Å². The highest BCUT2D eigenvalue weighted by Crippen LogP contribution is 2.12. The zero-order valence-corrected chi connectivity index (χ0v) is 11.8. The van der Waals surface area contributed by atoms with E-state index in [1.807, 2.05) is 26.0 Å². The third-order valence-electron chi connectivity index (χ3n) is 2.18. The highest BCUT2D eigenvalue weighted by atomic mass is 16.5. The van der Waals surface area contributed by atoms with Crippen LogP contribution in [-0.2, 0) is 0 Å². The molecular weight excluding hydrogens is 210 g/mol. The van der Waals surface area contributed by atoms with Gasteiger partial charge in [-0.25, -0.2) is 0 Å². The molecule has 0 spiro atoms. The molecule has 2 nitrogen and oxygen atoms in total. The molecule has 0 atom stereocenters. The molecular formula is C15H27NO. The molecule has 2 heteroatoms. The van der Waals surface area contributed by atoms with Crippen LogP contribution in [0, 0.1) is 6.92 Å². The second-order valence-electron chi connectivity index (χ2n) is 3.77. The molecule has 0 aromatic heterocycles. The largest absolute Gasteiger partial charge is 0.494 e. The lowest BCUT2D eigenvalue weighted by molar-refractivity contribution is 0.308. The highest BCUT2D eigenvalue weighted by molar-refractivity contribution is 5.27. The van der Waals surface area contributed by atoms with Gasteiger partial charge in [-0.2, -0.15) is 0 Å². The molecule has 0 aliphatic rings. The average Bonchev–Trinajstić information content (AvgIpc) is 2.36. The minimum Gasteiger partial charge on any atom is -0.494 e. The molecule has 1 rings (SSSR count). The van der Waals surface area contributed by atoms with Crippen molar-refractivity contribution in [2.75, 3.05) is 19.7 Å². The molecule has 98 valence electrons. The second-order valence-corrected chi connectivity index (χ2v) is 3.77. The van der Waals surface area contributed by atoms with Crippen molar-refractivity contribution < 1.29 is 4.74 Å². The van der Waals surface area contributed by atoms with Crippen LogP contribution < -0.4 is 10.1 Å². The molecule has 1 aromatic rings. The molecule has 0 radical (unpaired) electrons. The number of rotatable bonds is 7. The van der Waals surface area contributed by atoms with Crippen LogP contribution in [0.4, 0.5) is 0 Å². The molecule has 0 bridgehead atoms. The summed E-state index contributed by atoms with van der Waals surface area (Å²) in [5, 5.41) is 3.35. The van der Waals surface area contributed by atoms with E-state index in [-0.39, 0.29) is 0 Å². The molecule has 1 N–H and O–H groups in total. The number of hydrogen-bond acceptors (Lipinski definition) is 2. The third kappa shape index (κ3) is 8.75. The number of hydrogen-bond donors (Lipinski definition) is 1. The quantitative estimate of drug-likeness (QED) is 0.728. The van der Waals surface area contributed by atoms with Crippen LogP contribution in [0.25, 0.3) is 0 Å². The van der Waals surface area contributed by atoms with Gasteiger partial charge in [0.15, 0.2) is 0 Å². The smallest absolute Gasteiger partial charge is 0.119 e. The first-order valence-electron chi connectivity index (χ1n) is 6.73. The van der Waals surface area contributed by atoms with Gasteiger partial charge in [0, 0.05) is 0 Å². The molecule has 0 saturated carbocycles. The number of ether oxygens (including phenoxy) is 1. The van der Waals surface area contributed by atoms with Crippen LogP contribution in [0.5, 0.6) is 5.75 Å². The normalized spacial score (nSPS) is 9.41. The van der Waals surface area contributed by atoms with Gasteiger partial charge in [0.2, 0.25) is 0 Å². The summed E-state index contributed by atoms with van der Waals surface area (Å²) in [6.07, 6.45) is 2.26. The van der Waals surface area contributed by atoms with Gasteiger partial charge < -0.3 is 10.1 Å². The number of aryl methyl sites for hydroxylation is 1. The third-order valence-corrected chi connectivity index (χ3v) is 2.18. The van der Waals surface area contributed by atoms with Crippen molar-refractivity contribution in [3.63, 3.8) is 0 Å². The zero-order valence-electron chi connectivity index (χ0n) is 11.8. The maximum Gasteiger partial charge on any atom is 0.119 e. The minimum absolute atomic E-state index is 0.792. The van der Waals surface area contributed by atoms with Gasteiger partial charge in [-0.3, -0.25) is 0 Å². The molecule has 0 aliphatic carbocycles. The fourth-order valence-corrected chi connectivity index (χ4v) is 1.39. The Morgan fingerprint density at radius 2 is 1.94 bits per heavy atom. The monoisotopic (exact) mass is 237 g/mol. The van der Waals surface area contributed by atoms with Gasteiger partial charge in [-0.05, 0) is 50.6 Å². The summed E-state index contributed by atoms with van der Waals surface area (Å²) in [6.45, 7) is 11.2. The number of nitrogens with one attached hydrogen (secondary N) is 1. The molecule has 0 amide bonds. The van der Waals surface area contributed by atoms with E-state index < -0.39 is 0 Å². The molecule has 0 saturated heterocycles. The Morgan fingerprint density at radius 1 is 1.18 bits per heavy atom. The molecule has 0 fully saturated rings. The Kier molecular flexibility index (Phi) is 10.8. The highest BCUT2D eigenvalue weighted by Gasteiger charge is 1.93. The van der Waals surface area contributed by atoms with Crippen molar-refractivity contribution in [1.29, 1.82) is 0 Å². The fraction of sp³-hybridized carbons (Fsp3) is 0.600. The van der Waals surface area contributed by atoms with Gasteiger partial charge in [0.1, 0.15) is 5.75 Å². The standard InChI is InChI=1S/C13H21NO.C2H6/c1-3-8-14-9-5-10-15-13-7-4-6-12(2)11-13;1-2/h4,6-7,11,14H,3,5,8-10H2,1-2H3;1-2H3. The molecule has 1 aromatic carbocycles. The van der Waals surface area contributed by atoms with Gasteiger partial charge in [0.25, 0.3) is 0 Å². The van der Waals surface area contributed by atoms with Crippen molar-refractivity contribution in [2.45, 2.75) is 40.5 Å². The van der Waals surface area contributed by atoms with E-state index in [1.54, 1.807) is 0 Å². The predicted octanol–water partition coefficient (Wildman–Crippen LogP) is 3.79. The SMILES string of the molecule is CC.CCCNCCCOc1cccc(C)c1. The topological polar surface area (TPSA) is 21.3 Å². The predicted molar refractivity (Wildman–Crippen MR) is 75.8 cm³/mol. The van der Waals surface area contributed by atoms with Crippen LogP contribution >= 0.6 is 0 Å². The summed E-state index contributed by atoms with van der Waals surface area (Å²) in [6, 6.07) is 8.18. The van der Waals surface area contributed by atoms with Gasteiger partial charge in [0.05, 0.1) is 6.61 Å². The average molecular weight is 237 g/mol. The van der Waals surface area contributed by atoms with Crippen LogP contribution in [0.1, 0.15) is 39.2 Å². The minimum atomic E-state index is 0.792. The van der Waals surface area contributed by atoms with Crippen LogP contribution in [0.15, 0.2) is 24.3 Å². The molecule has 0 heterocycles. The van der Waals surface area contributed by atoms with E-state index >= 15 is 0 Å². The molecule has 0 unspecified atom stereocenters. The lowest BCUT2D eigenvalue weighted by Gasteiger charge is -2.07. The lowest BCUT2D eigenvalue weighted by Crippen LogP contribution is -2.18. The van der Waals surface area contributed by atoms with Crippen molar-refractivity contribution in [3.8, 4) is 5.75 Å². The zero-order chi connectivity index (χ0) is 12.9. The fourth-order valence-electron chi connectivity index (χ4n) is 1.39. The summed E-state index contributed by atoms with van der Waals surface area (Å²) < 4.78 is 5.63. The van der Waals surface area contributed by atoms with Crippen LogP contribution in [0.3, 0.4) is 0 Å². The van der Waals surface area contributed by atoms with E-state index in [0.29, 0.717) is 0 Å². The van der Waals surface area contributed by atoms with Gasteiger partial charge >= 0.3 is 0 Å². The Balaban J connectivity index is 0.00000121. The first-order valence-corrected chi connectivity index (χ1v) is 6.73. The van der Waals surface area contributed by atoms with Gasteiger partial charge in [-0.15, -0.1) is 0 Å². The summed E-state index contributed by atoms with van der Waals surface area (Å²) in [7, 11) is 0. The first-order chi connectivity index (χ1) is 8.33. The van der Waals surface area contributed by atoms with Crippen molar-refractivity contribution in [1.82, 2.24) is 5.32 Å². The van der Waals surface area contributed by atoms with E-state index in [2.05, 4.69) is 31.3 Å². The molecule has 17 heavy (non-hydrogen) atoms. The van der Waals surface area contributed by atoms with E-state index in [1.165, 1.54) is 12.0 Å². The summed E-state index contributed by atoms with van der Waals surface area (Å²) in [4.78, 5) is 0.